The minimum atomic E-state index is -3.55. The number of nitrogens with one attached hydrogen (secondary N) is 1. The number of rotatable bonds is 6. The van der Waals surface area contributed by atoms with E-state index in [1.54, 1.807) is 30.5 Å². The Labute approximate surface area is 189 Å². The second-order valence-corrected chi connectivity index (χ2v) is 10.2. The Morgan fingerprint density at radius 1 is 1.06 bits per heavy atom. The predicted octanol–water partition coefficient (Wildman–Crippen LogP) is 3.04. The van der Waals surface area contributed by atoms with E-state index in [2.05, 4.69) is 10.3 Å². The van der Waals surface area contributed by atoms with Gasteiger partial charge in [0.25, 0.3) is 0 Å². The maximum Gasteiger partial charge on any atom is 0.243 e. The third kappa shape index (κ3) is 4.61. The first-order chi connectivity index (χ1) is 15.4. The lowest BCUT2D eigenvalue weighted by Gasteiger charge is -2.31. The van der Waals surface area contributed by atoms with Crippen LogP contribution in [0.2, 0.25) is 0 Å². The molecule has 3 aromatic rings. The van der Waals surface area contributed by atoms with Crippen LogP contribution in [0.15, 0.2) is 71.9 Å². The normalized spacial score (nSPS) is 16.6. The Hall–Kier alpha value is -2.97. The molecule has 1 aliphatic heterocycles. The Kier molecular flexibility index (Phi) is 6.43. The van der Waals surface area contributed by atoms with Crippen molar-refractivity contribution in [1.82, 2.24) is 19.2 Å². The number of benzene rings is 2. The van der Waals surface area contributed by atoms with Crippen molar-refractivity contribution >= 4 is 15.9 Å². The summed E-state index contributed by atoms with van der Waals surface area (Å²) in [5, 5.41) is 3.15. The van der Waals surface area contributed by atoms with Crippen LogP contribution in [0.1, 0.15) is 35.8 Å². The van der Waals surface area contributed by atoms with E-state index in [-0.39, 0.29) is 17.9 Å². The number of hydrogen-bond donors (Lipinski definition) is 1. The number of nitrogens with zero attached hydrogens (tertiary/aromatic N) is 3. The first-order valence-electron chi connectivity index (χ1n) is 10.8. The molecule has 0 spiro atoms. The maximum atomic E-state index is 13.1. The molecule has 32 heavy (non-hydrogen) atoms. The highest BCUT2D eigenvalue weighted by Gasteiger charge is 2.33. The van der Waals surface area contributed by atoms with Gasteiger partial charge in [0.2, 0.25) is 15.9 Å². The minimum absolute atomic E-state index is 0.0748. The van der Waals surface area contributed by atoms with E-state index in [4.69, 9.17) is 0 Å². The highest BCUT2D eigenvalue weighted by atomic mass is 32.2. The van der Waals surface area contributed by atoms with Crippen molar-refractivity contribution in [3.8, 4) is 0 Å². The van der Waals surface area contributed by atoms with Crippen molar-refractivity contribution < 1.29 is 13.2 Å². The Morgan fingerprint density at radius 2 is 1.72 bits per heavy atom. The molecule has 1 atom stereocenters. The number of aromatic nitrogens is 2. The molecular formula is C24H28N4O3S. The first-order valence-corrected chi connectivity index (χ1v) is 12.2. The zero-order chi connectivity index (χ0) is 22.7. The van der Waals surface area contributed by atoms with Gasteiger partial charge in [-0.25, -0.2) is 13.4 Å². The summed E-state index contributed by atoms with van der Waals surface area (Å²) in [6.07, 6.45) is 4.54. The fourth-order valence-corrected chi connectivity index (χ4v) is 5.55. The third-order valence-electron chi connectivity index (χ3n) is 6.02. The maximum absolute atomic E-state index is 13.1. The van der Waals surface area contributed by atoms with E-state index >= 15 is 0 Å². The van der Waals surface area contributed by atoms with Crippen LogP contribution in [0.5, 0.6) is 0 Å². The van der Waals surface area contributed by atoms with Crippen molar-refractivity contribution in [3.05, 3.63) is 83.9 Å². The average molecular weight is 453 g/mol. The van der Waals surface area contributed by atoms with Crippen molar-refractivity contribution in [2.45, 2.75) is 30.7 Å². The summed E-state index contributed by atoms with van der Waals surface area (Å²) in [5.74, 6) is 0.434. The SMILES string of the molecule is Cc1ccc(S(=O)(=O)N2CCC(C(=O)N[C@@H](c3ccccc3)c3nccn3C)CC2)cc1. The number of amides is 1. The van der Waals surface area contributed by atoms with Crippen LogP contribution in [0.3, 0.4) is 0 Å². The van der Waals surface area contributed by atoms with Crippen LogP contribution in [0.25, 0.3) is 0 Å². The van der Waals surface area contributed by atoms with E-state index < -0.39 is 10.0 Å². The molecule has 0 saturated carbocycles. The molecule has 1 saturated heterocycles. The van der Waals surface area contributed by atoms with Gasteiger partial charge in [-0.2, -0.15) is 4.31 Å². The van der Waals surface area contributed by atoms with Crippen molar-refractivity contribution in [1.29, 1.82) is 0 Å². The van der Waals surface area contributed by atoms with Gasteiger partial charge in [0, 0.05) is 38.4 Å². The lowest BCUT2D eigenvalue weighted by atomic mass is 9.96. The summed E-state index contributed by atoms with van der Waals surface area (Å²) < 4.78 is 29.3. The molecule has 1 aromatic heterocycles. The van der Waals surface area contributed by atoms with Crippen LogP contribution >= 0.6 is 0 Å². The number of carbonyl (C=O) groups is 1. The second-order valence-electron chi connectivity index (χ2n) is 8.24. The first kappa shape index (κ1) is 22.2. The van der Waals surface area contributed by atoms with Crippen LogP contribution < -0.4 is 5.32 Å². The molecule has 1 fully saturated rings. The molecule has 8 heteroatoms. The van der Waals surface area contributed by atoms with Gasteiger partial charge >= 0.3 is 0 Å². The van der Waals surface area contributed by atoms with Gasteiger partial charge in [-0.15, -0.1) is 0 Å². The fraction of sp³-hybridized carbons (Fsp3) is 0.333. The molecule has 1 aliphatic rings. The molecule has 1 amide bonds. The van der Waals surface area contributed by atoms with Crippen LogP contribution in [-0.2, 0) is 21.9 Å². The van der Waals surface area contributed by atoms with E-state index in [1.165, 1.54) is 4.31 Å². The molecule has 0 unspecified atom stereocenters. The molecule has 0 radical (unpaired) electrons. The van der Waals surface area contributed by atoms with E-state index in [1.807, 2.05) is 55.1 Å². The molecule has 7 nitrogen and oxygen atoms in total. The summed E-state index contributed by atoms with van der Waals surface area (Å²) >= 11 is 0. The van der Waals surface area contributed by atoms with Gasteiger partial charge < -0.3 is 9.88 Å². The zero-order valence-electron chi connectivity index (χ0n) is 18.3. The number of sulfonamides is 1. The predicted molar refractivity (Wildman–Crippen MR) is 122 cm³/mol. The highest BCUT2D eigenvalue weighted by Crippen LogP contribution is 2.26. The molecule has 2 aromatic carbocycles. The van der Waals surface area contributed by atoms with Gasteiger partial charge in [0.1, 0.15) is 11.9 Å². The van der Waals surface area contributed by atoms with E-state index in [0.29, 0.717) is 30.8 Å². The molecule has 0 aliphatic carbocycles. The summed E-state index contributed by atoms with van der Waals surface area (Å²) in [5.41, 5.74) is 1.97. The number of aryl methyl sites for hydroxylation is 2. The number of imidazole rings is 1. The van der Waals surface area contributed by atoms with Gasteiger partial charge in [-0.3, -0.25) is 4.79 Å². The topological polar surface area (TPSA) is 84.3 Å². The summed E-state index contributed by atoms with van der Waals surface area (Å²) in [6.45, 7) is 2.58. The minimum Gasteiger partial charge on any atom is -0.342 e. The summed E-state index contributed by atoms with van der Waals surface area (Å²) in [7, 11) is -1.65. The third-order valence-corrected chi connectivity index (χ3v) is 7.93. The Morgan fingerprint density at radius 3 is 2.31 bits per heavy atom. The molecule has 0 bridgehead atoms. The quantitative estimate of drug-likeness (QED) is 0.623. The largest absolute Gasteiger partial charge is 0.342 e. The Balaban J connectivity index is 1.44. The van der Waals surface area contributed by atoms with Gasteiger partial charge in [0.15, 0.2) is 0 Å². The van der Waals surface area contributed by atoms with Crippen LogP contribution in [0, 0.1) is 12.8 Å². The molecule has 4 rings (SSSR count). The monoisotopic (exact) mass is 452 g/mol. The average Bonchev–Trinajstić information content (AvgIpc) is 3.23. The van der Waals surface area contributed by atoms with Crippen LogP contribution in [-0.4, -0.2) is 41.3 Å². The van der Waals surface area contributed by atoms with Crippen LogP contribution in [0.4, 0.5) is 0 Å². The molecule has 1 N–H and O–H groups in total. The number of piperidine rings is 1. The smallest absolute Gasteiger partial charge is 0.243 e. The summed E-state index contributed by atoms with van der Waals surface area (Å²) in [4.78, 5) is 17.9. The number of hydrogen-bond acceptors (Lipinski definition) is 4. The second kappa shape index (κ2) is 9.26. The Bertz CT molecular complexity index is 1170. The van der Waals surface area contributed by atoms with Gasteiger partial charge in [-0.05, 0) is 37.5 Å². The van der Waals surface area contributed by atoms with E-state index in [0.717, 1.165) is 17.0 Å². The van der Waals surface area contributed by atoms with Gasteiger partial charge in [-0.1, -0.05) is 48.0 Å². The molecule has 168 valence electrons. The van der Waals surface area contributed by atoms with Crippen molar-refractivity contribution in [3.63, 3.8) is 0 Å². The zero-order valence-corrected chi connectivity index (χ0v) is 19.1. The highest BCUT2D eigenvalue weighted by molar-refractivity contribution is 7.89. The fourth-order valence-electron chi connectivity index (χ4n) is 4.08. The lowest BCUT2D eigenvalue weighted by Crippen LogP contribution is -2.44. The number of carbonyl (C=O) groups excluding carboxylic acids is 1. The standard InChI is InChI=1S/C24H28N4O3S/c1-18-8-10-21(11-9-18)32(30,31)28-15-12-20(13-16-28)24(29)26-22(19-6-4-3-5-7-19)23-25-14-17-27(23)2/h3-11,14,17,20,22H,12-13,15-16H2,1-2H3,(H,26,29)/t22-/m0/s1. The van der Waals surface area contributed by atoms with Gasteiger partial charge in [0.05, 0.1) is 4.90 Å². The summed E-state index contributed by atoms with van der Waals surface area (Å²) in [6, 6.07) is 16.3. The lowest BCUT2D eigenvalue weighted by molar-refractivity contribution is -0.126. The van der Waals surface area contributed by atoms with E-state index in [9.17, 15) is 13.2 Å². The molecule has 2 heterocycles. The van der Waals surface area contributed by atoms with Crippen molar-refractivity contribution in [2.24, 2.45) is 13.0 Å². The van der Waals surface area contributed by atoms with Crippen molar-refractivity contribution in [2.75, 3.05) is 13.1 Å². The molecular weight excluding hydrogens is 424 g/mol.